The van der Waals surface area contributed by atoms with Crippen LogP contribution in [0.25, 0.3) is 0 Å². The van der Waals surface area contributed by atoms with Crippen molar-refractivity contribution < 1.29 is 14.3 Å². The normalized spacial score (nSPS) is 27.7. The summed E-state index contributed by atoms with van der Waals surface area (Å²) >= 11 is 0. The van der Waals surface area contributed by atoms with E-state index in [9.17, 15) is 4.79 Å². The lowest BCUT2D eigenvalue weighted by atomic mass is 9.82. The highest BCUT2D eigenvalue weighted by atomic mass is 16.7. The Kier molecular flexibility index (Phi) is 3.89. The van der Waals surface area contributed by atoms with Crippen LogP contribution in [0.5, 0.6) is 11.5 Å². The Hall–Kier alpha value is -1.75. The van der Waals surface area contributed by atoms with Crippen LogP contribution in [0.2, 0.25) is 0 Å². The largest absolute Gasteiger partial charge is 0.454 e. The second-order valence-electron chi connectivity index (χ2n) is 7.07. The van der Waals surface area contributed by atoms with Gasteiger partial charge in [-0.3, -0.25) is 4.79 Å². The van der Waals surface area contributed by atoms with Gasteiger partial charge in [-0.05, 0) is 56.0 Å². The van der Waals surface area contributed by atoms with Gasteiger partial charge < -0.3 is 19.3 Å². The fourth-order valence-electron chi connectivity index (χ4n) is 4.08. The Morgan fingerprint density at radius 2 is 1.96 bits per heavy atom. The maximum Gasteiger partial charge on any atom is 0.231 e. The summed E-state index contributed by atoms with van der Waals surface area (Å²) in [6.07, 6.45) is 2.99. The molecule has 0 spiro atoms. The minimum absolute atomic E-state index is 0.290. The lowest BCUT2D eigenvalue weighted by Gasteiger charge is -2.35. The zero-order valence-electron chi connectivity index (χ0n) is 13.7. The molecule has 124 valence electrons. The van der Waals surface area contributed by atoms with Crippen molar-refractivity contribution in [3.63, 3.8) is 0 Å². The summed E-state index contributed by atoms with van der Waals surface area (Å²) in [4.78, 5) is 17.1. The molecule has 0 aliphatic carbocycles. The van der Waals surface area contributed by atoms with Gasteiger partial charge in [-0.1, -0.05) is 6.07 Å². The summed E-state index contributed by atoms with van der Waals surface area (Å²) in [5.74, 6) is 3.13. The highest BCUT2D eigenvalue weighted by Gasteiger charge is 2.34. The molecule has 1 aromatic rings. The van der Waals surface area contributed by atoms with Crippen molar-refractivity contribution >= 4 is 5.91 Å². The van der Waals surface area contributed by atoms with E-state index in [-0.39, 0.29) is 6.79 Å². The standard InChI is InChI=1S/C18H24N2O3/c1-19-6-4-14-9-18(21)20(7-5-15(14)11-19)10-13-2-3-16-17(8-13)23-12-22-16/h2-3,8,14-15H,4-7,9-12H2,1H3/t14-,15-/m0/s1. The third-order valence-electron chi connectivity index (χ3n) is 5.46. The van der Waals surface area contributed by atoms with E-state index in [0.29, 0.717) is 30.7 Å². The number of fused-ring (bicyclic) bond motifs is 2. The average Bonchev–Trinajstić information content (AvgIpc) is 2.95. The van der Waals surface area contributed by atoms with Crippen molar-refractivity contribution in [2.45, 2.75) is 25.8 Å². The molecule has 0 N–H and O–H groups in total. The zero-order valence-corrected chi connectivity index (χ0v) is 13.7. The fraction of sp³-hybridized carbons (Fsp3) is 0.611. The highest BCUT2D eigenvalue weighted by Crippen LogP contribution is 2.34. The van der Waals surface area contributed by atoms with Gasteiger partial charge in [0.15, 0.2) is 11.5 Å². The fourth-order valence-corrected chi connectivity index (χ4v) is 4.08. The first-order valence-electron chi connectivity index (χ1n) is 8.54. The molecule has 1 aromatic carbocycles. The van der Waals surface area contributed by atoms with Crippen LogP contribution in [0, 0.1) is 11.8 Å². The molecule has 0 bridgehead atoms. The molecule has 3 aliphatic rings. The van der Waals surface area contributed by atoms with E-state index in [1.807, 2.05) is 23.1 Å². The number of ether oxygens (including phenoxy) is 2. The first-order valence-corrected chi connectivity index (χ1v) is 8.54. The average molecular weight is 316 g/mol. The lowest BCUT2D eigenvalue weighted by molar-refractivity contribution is -0.132. The van der Waals surface area contributed by atoms with Gasteiger partial charge in [-0.25, -0.2) is 0 Å². The third kappa shape index (κ3) is 3.02. The van der Waals surface area contributed by atoms with Crippen LogP contribution in [0.4, 0.5) is 0 Å². The number of piperidine rings is 1. The Morgan fingerprint density at radius 1 is 1.13 bits per heavy atom. The number of amides is 1. The number of carbonyl (C=O) groups is 1. The summed E-state index contributed by atoms with van der Waals surface area (Å²) in [6.45, 7) is 4.08. The molecule has 2 atom stereocenters. The van der Waals surface area contributed by atoms with E-state index in [1.165, 1.54) is 0 Å². The van der Waals surface area contributed by atoms with Crippen molar-refractivity contribution in [3.8, 4) is 11.5 Å². The number of rotatable bonds is 2. The van der Waals surface area contributed by atoms with Gasteiger partial charge in [-0.15, -0.1) is 0 Å². The van der Waals surface area contributed by atoms with E-state index in [1.54, 1.807) is 0 Å². The predicted molar refractivity (Wildman–Crippen MR) is 86.3 cm³/mol. The Balaban J connectivity index is 1.45. The van der Waals surface area contributed by atoms with Crippen LogP contribution in [0.1, 0.15) is 24.8 Å². The molecule has 2 fully saturated rings. The van der Waals surface area contributed by atoms with E-state index in [2.05, 4.69) is 11.9 Å². The van der Waals surface area contributed by atoms with Gasteiger partial charge in [0, 0.05) is 26.1 Å². The SMILES string of the molecule is CN1CC[C@H]2CC(=O)N(Cc3ccc4c(c3)OCO4)CC[C@H]2C1. The predicted octanol–water partition coefficient (Wildman–Crippen LogP) is 2.11. The Labute approximate surface area is 137 Å². The topological polar surface area (TPSA) is 42.0 Å². The zero-order chi connectivity index (χ0) is 15.8. The van der Waals surface area contributed by atoms with Crippen molar-refractivity contribution in [1.82, 2.24) is 9.80 Å². The molecular weight excluding hydrogens is 292 g/mol. The molecule has 0 radical (unpaired) electrons. The smallest absolute Gasteiger partial charge is 0.231 e. The second-order valence-corrected chi connectivity index (χ2v) is 7.07. The van der Waals surface area contributed by atoms with Crippen LogP contribution in [0.3, 0.4) is 0 Å². The molecule has 0 saturated carbocycles. The first-order chi connectivity index (χ1) is 11.2. The molecule has 5 nitrogen and oxygen atoms in total. The molecule has 0 aromatic heterocycles. The number of carbonyl (C=O) groups excluding carboxylic acids is 1. The summed E-state index contributed by atoms with van der Waals surface area (Å²) < 4.78 is 10.8. The second kappa shape index (κ2) is 6.04. The summed E-state index contributed by atoms with van der Waals surface area (Å²) in [5, 5.41) is 0. The van der Waals surface area contributed by atoms with Gasteiger partial charge in [0.25, 0.3) is 0 Å². The molecule has 4 rings (SSSR count). The molecular formula is C18H24N2O3. The molecule has 3 heterocycles. The van der Waals surface area contributed by atoms with Crippen molar-refractivity contribution in [1.29, 1.82) is 0 Å². The first kappa shape index (κ1) is 14.8. The van der Waals surface area contributed by atoms with Gasteiger partial charge in [0.05, 0.1) is 0 Å². The Morgan fingerprint density at radius 3 is 2.87 bits per heavy atom. The molecule has 3 aliphatic heterocycles. The maximum atomic E-state index is 12.6. The third-order valence-corrected chi connectivity index (χ3v) is 5.46. The number of hydrogen-bond acceptors (Lipinski definition) is 4. The number of benzene rings is 1. The van der Waals surface area contributed by atoms with Crippen LogP contribution < -0.4 is 9.47 Å². The lowest BCUT2D eigenvalue weighted by Crippen LogP contribution is -2.38. The molecule has 1 amide bonds. The number of hydrogen-bond donors (Lipinski definition) is 0. The van der Waals surface area contributed by atoms with Crippen LogP contribution in [0.15, 0.2) is 18.2 Å². The maximum absolute atomic E-state index is 12.6. The van der Waals surface area contributed by atoms with E-state index >= 15 is 0 Å². The van der Waals surface area contributed by atoms with Gasteiger partial charge in [0.2, 0.25) is 12.7 Å². The van der Waals surface area contributed by atoms with E-state index < -0.39 is 0 Å². The van der Waals surface area contributed by atoms with Gasteiger partial charge in [0.1, 0.15) is 0 Å². The summed E-state index contributed by atoms with van der Waals surface area (Å²) in [5.41, 5.74) is 1.12. The summed E-state index contributed by atoms with van der Waals surface area (Å²) in [6, 6.07) is 5.97. The number of nitrogens with zero attached hydrogens (tertiary/aromatic N) is 2. The van der Waals surface area contributed by atoms with E-state index in [0.717, 1.165) is 49.5 Å². The summed E-state index contributed by atoms with van der Waals surface area (Å²) in [7, 11) is 2.19. The Bertz CT molecular complexity index is 604. The molecule has 0 unspecified atom stereocenters. The van der Waals surface area contributed by atoms with Crippen molar-refractivity contribution in [2.24, 2.45) is 11.8 Å². The van der Waals surface area contributed by atoms with Crippen LogP contribution in [-0.4, -0.2) is 49.2 Å². The van der Waals surface area contributed by atoms with E-state index in [4.69, 9.17) is 9.47 Å². The molecule has 5 heteroatoms. The quantitative estimate of drug-likeness (QED) is 0.838. The molecule has 2 saturated heterocycles. The van der Waals surface area contributed by atoms with Crippen molar-refractivity contribution in [3.05, 3.63) is 23.8 Å². The van der Waals surface area contributed by atoms with Gasteiger partial charge in [-0.2, -0.15) is 0 Å². The van der Waals surface area contributed by atoms with Gasteiger partial charge >= 0.3 is 0 Å². The van der Waals surface area contributed by atoms with Crippen molar-refractivity contribution in [2.75, 3.05) is 33.5 Å². The highest BCUT2D eigenvalue weighted by molar-refractivity contribution is 5.76. The number of likely N-dealkylation sites (tertiary alicyclic amines) is 2. The van der Waals surface area contributed by atoms with Crippen LogP contribution in [-0.2, 0) is 11.3 Å². The monoisotopic (exact) mass is 316 g/mol. The van der Waals surface area contributed by atoms with Crippen LogP contribution >= 0.6 is 0 Å². The molecule has 23 heavy (non-hydrogen) atoms. The minimum atomic E-state index is 0.290. The minimum Gasteiger partial charge on any atom is -0.454 e.